The largest absolute Gasteiger partial charge is 0.433 e. The summed E-state index contributed by atoms with van der Waals surface area (Å²) in [7, 11) is 0. The number of halogens is 3. The van der Waals surface area contributed by atoms with Crippen LogP contribution >= 0.6 is 0 Å². The first kappa shape index (κ1) is 11.4. The molecule has 0 saturated heterocycles. The van der Waals surface area contributed by atoms with Crippen LogP contribution < -0.4 is 0 Å². The van der Waals surface area contributed by atoms with Crippen molar-refractivity contribution >= 4 is 0 Å². The Labute approximate surface area is 91.1 Å². The minimum absolute atomic E-state index is 0.203. The van der Waals surface area contributed by atoms with Gasteiger partial charge in [-0.3, -0.25) is 0 Å². The van der Waals surface area contributed by atoms with Gasteiger partial charge in [0.15, 0.2) is 0 Å². The lowest BCUT2D eigenvalue weighted by Crippen LogP contribution is -2.16. The molecule has 1 unspecified atom stereocenters. The van der Waals surface area contributed by atoms with Crippen LogP contribution in [0.5, 0.6) is 0 Å². The van der Waals surface area contributed by atoms with E-state index >= 15 is 0 Å². The minimum atomic E-state index is -4.42. The van der Waals surface area contributed by atoms with Crippen LogP contribution in [0.4, 0.5) is 13.2 Å². The van der Waals surface area contributed by atoms with E-state index in [1.54, 1.807) is 0 Å². The lowest BCUT2D eigenvalue weighted by molar-refractivity contribution is -0.141. The van der Waals surface area contributed by atoms with E-state index in [1.807, 2.05) is 0 Å². The standard InChI is InChI=1S/C11H12F3NO/c12-11(13,14)10-3-1-2-8(15-10)6-9(16)7-4-5-7/h1-3,7,9,16H,4-6H2. The molecule has 1 aromatic heterocycles. The third-order valence-corrected chi connectivity index (χ3v) is 2.68. The predicted octanol–water partition coefficient (Wildman–Crippen LogP) is 2.41. The van der Waals surface area contributed by atoms with Gasteiger partial charge in [-0.05, 0) is 30.9 Å². The predicted molar refractivity (Wildman–Crippen MR) is 51.7 cm³/mol. The molecule has 1 fully saturated rings. The second-order valence-electron chi connectivity index (χ2n) is 4.12. The number of hydrogen-bond acceptors (Lipinski definition) is 2. The Hall–Kier alpha value is -1.10. The van der Waals surface area contributed by atoms with Crippen LogP contribution in [0, 0.1) is 5.92 Å². The number of aliphatic hydroxyl groups is 1. The summed E-state index contributed by atoms with van der Waals surface area (Å²) < 4.78 is 37.1. The first-order chi connectivity index (χ1) is 7.47. The summed E-state index contributed by atoms with van der Waals surface area (Å²) in [4.78, 5) is 3.51. The molecule has 16 heavy (non-hydrogen) atoms. The zero-order valence-electron chi connectivity index (χ0n) is 8.54. The van der Waals surface area contributed by atoms with Crippen LogP contribution in [0.15, 0.2) is 18.2 Å². The summed E-state index contributed by atoms with van der Waals surface area (Å²) in [5.74, 6) is 0.247. The van der Waals surface area contributed by atoms with Crippen LogP contribution in [0.25, 0.3) is 0 Å². The monoisotopic (exact) mass is 231 g/mol. The maximum Gasteiger partial charge on any atom is 0.433 e. The van der Waals surface area contributed by atoms with Crippen molar-refractivity contribution in [3.8, 4) is 0 Å². The van der Waals surface area contributed by atoms with E-state index in [1.165, 1.54) is 12.1 Å². The molecule has 1 aliphatic rings. The zero-order chi connectivity index (χ0) is 11.8. The lowest BCUT2D eigenvalue weighted by Gasteiger charge is -2.10. The Balaban J connectivity index is 2.09. The van der Waals surface area contributed by atoms with Crippen LogP contribution in [0.1, 0.15) is 24.2 Å². The van der Waals surface area contributed by atoms with Gasteiger partial charge in [0.2, 0.25) is 0 Å². The molecule has 1 atom stereocenters. The van der Waals surface area contributed by atoms with Gasteiger partial charge in [-0.15, -0.1) is 0 Å². The lowest BCUT2D eigenvalue weighted by atomic mass is 10.1. The average Bonchev–Trinajstić information content (AvgIpc) is 2.99. The van der Waals surface area contributed by atoms with Gasteiger partial charge < -0.3 is 5.11 Å². The van der Waals surface area contributed by atoms with Gasteiger partial charge >= 0.3 is 6.18 Å². The van der Waals surface area contributed by atoms with Gasteiger partial charge in [0, 0.05) is 12.1 Å². The Kier molecular flexibility index (Phi) is 2.88. The first-order valence-corrected chi connectivity index (χ1v) is 5.18. The molecule has 0 bridgehead atoms. The molecule has 1 saturated carbocycles. The highest BCUT2D eigenvalue weighted by atomic mass is 19.4. The van der Waals surface area contributed by atoms with E-state index in [9.17, 15) is 18.3 Å². The van der Waals surface area contributed by atoms with Crippen molar-refractivity contribution in [3.63, 3.8) is 0 Å². The quantitative estimate of drug-likeness (QED) is 0.866. The molecule has 2 rings (SSSR count). The maximum absolute atomic E-state index is 12.4. The zero-order valence-corrected chi connectivity index (χ0v) is 8.54. The van der Waals surface area contributed by atoms with E-state index < -0.39 is 18.0 Å². The summed E-state index contributed by atoms with van der Waals surface area (Å²) in [6, 6.07) is 3.78. The fourth-order valence-electron chi connectivity index (χ4n) is 1.61. The van der Waals surface area contributed by atoms with Crippen molar-refractivity contribution in [1.82, 2.24) is 4.98 Å². The second-order valence-corrected chi connectivity index (χ2v) is 4.12. The van der Waals surface area contributed by atoms with Crippen molar-refractivity contribution in [2.75, 3.05) is 0 Å². The average molecular weight is 231 g/mol. The van der Waals surface area contributed by atoms with Gasteiger partial charge in [0.1, 0.15) is 5.69 Å². The fraction of sp³-hybridized carbons (Fsp3) is 0.545. The fourth-order valence-corrected chi connectivity index (χ4v) is 1.61. The Morgan fingerprint density at radius 1 is 1.38 bits per heavy atom. The van der Waals surface area contributed by atoms with Crippen molar-refractivity contribution in [1.29, 1.82) is 0 Å². The van der Waals surface area contributed by atoms with Crippen LogP contribution in [0.2, 0.25) is 0 Å². The number of nitrogens with zero attached hydrogens (tertiary/aromatic N) is 1. The van der Waals surface area contributed by atoms with E-state index in [0.29, 0.717) is 5.69 Å². The minimum Gasteiger partial charge on any atom is -0.392 e. The molecule has 1 aliphatic carbocycles. The van der Waals surface area contributed by atoms with Crippen LogP contribution in [-0.2, 0) is 12.6 Å². The van der Waals surface area contributed by atoms with Gasteiger partial charge in [-0.2, -0.15) is 13.2 Å². The van der Waals surface area contributed by atoms with Crippen LogP contribution in [0.3, 0.4) is 0 Å². The highest BCUT2D eigenvalue weighted by Crippen LogP contribution is 2.34. The highest BCUT2D eigenvalue weighted by molar-refractivity contribution is 5.14. The molecule has 0 amide bonds. The molecule has 1 aromatic rings. The van der Waals surface area contributed by atoms with Crippen molar-refractivity contribution in [2.24, 2.45) is 5.92 Å². The molecule has 5 heteroatoms. The number of rotatable bonds is 3. The number of aromatic nitrogens is 1. The summed E-state index contributed by atoms with van der Waals surface area (Å²) in [5.41, 5.74) is -0.595. The topological polar surface area (TPSA) is 33.1 Å². The van der Waals surface area contributed by atoms with E-state index in [0.717, 1.165) is 18.9 Å². The third kappa shape index (κ3) is 2.72. The van der Waals surface area contributed by atoms with Crippen molar-refractivity contribution < 1.29 is 18.3 Å². The molecular weight excluding hydrogens is 219 g/mol. The summed E-state index contributed by atoms with van der Waals surface area (Å²) >= 11 is 0. The second kappa shape index (κ2) is 4.05. The van der Waals surface area contributed by atoms with E-state index in [2.05, 4.69) is 4.98 Å². The number of alkyl halides is 3. The SMILES string of the molecule is OC(Cc1cccc(C(F)(F)F)n1)C1CC1. The number of hydrogen-bond donors (Lipinski definition) is 1. The molecule has 0 radical (unpaired) electrons. The summed E-state index contributed by atoms with van der Waals surface area (Å²) in [5, 5.41) is 9.61. The molecule has 0 aliphatic heterocycles. The molecule has 0 spiro atoms. The smallest absolute Gasteiger partial charge is 0.392 e. The normalized spacial score (nSPS) is 18.5. The Morgan fingerprint density at radius 2 is 2.06 bits per heavy atom. The van der Waals surface area contributed by atoms with Crippen LogP contribution in [-0.4, -0.2) is 16.2 Å². The van der Waals surface area contributed by atoms with Crippen molar-refractivity contribution in [2.45, 2.75) is 31.5 Å². The van der Waals surface area contributed by atoms with Gasteiger partial charge in [-0.1, -0.05) is 6.07 Å². The molecule has 88 valence electrons. The summed E-state index contributed by atoms with van der Waals surface area (Å²) in [6.45, 7) is 0. The number of aliphatic hydroxyl groups excluding tert-OH is 1. The molecular formula is C11H12F3NO. The van der Waals surface area contributed by atoms with Crippen molar-refractivity contribution in [3.05, 3.63) is 29.6 Å². The highest BCUT2D eigenvalue weighted by Gasteiger charge is 2.33. The molecule has 1 N–H and O–H groups in total. The van der Waals surface area contributed by atoms with Gasteiger partial charge in [-0.25, -0.2) is 4.98 Å². The van der Waals surface area contributed by atoms with E-state index in [-0.39, 0.29) is 12.3 Å². The van der Waals surface area contributed by atoms with Gasteiger partial charge in [0.25, 0.3) is 0 Å². The van der Waals surface area contributed by atoms with Gasteiger partial charge in [0.05, 0.1) is 6.10 Å². The first-order valence-electron chi connectivity index (χ1n) is 5.18. The Morgan fingerprint density at radius 3 is 2.62 bits per heavy atom. The Bertz CT molecular complexity index is 374. The number of pyridine rings is 1. The molecule has 1 heterocycles. The molecule has 2 nitrogen and oxygen atoms in total. The summed E-state index contributed by atoms with van der Waals surface area (Å²) in [6.07, 6.45) is -2.86. The maximum atomic E-state index is 12.4. The van der Waals surface area contributed by atoms with E-state index in [4.69, 9.17) is 0 Å². The molecule has 0 aromatic carbocycles. The third-order valence-electron chi connectivity index (χ3n) is 2.68.